The van der Waals surface area contributed by atoms with Crippen LogP contribution in [0.1, 0.15) is 44.5 Å². The Hall–Kier alpha value is -5.60. The lowest BCUT2D eigenvalue weighted by molar-refractivity contribution is 0.466. The first-order chi connectivity index (χ1) is 22.7. The van der Waals surface area contributed by atoms with Gasteiger partial charge in [-0.15, -0.1) is 0 Å². The molecule has 6 aromatic rings. The van der Waals surface area contributed by atoms with Crippen LogP contribution in [0, 0.1) is 0 Å². The van der Waals surface area contributed by atoms with Crippen LogP contribution in [0.3, 0.4) is 0 Å². The van der Waals surface area contributed by atoms with Gasteiger partial charge in [0.1, 0.15) is 11.5 Å². The van der Waals surface area contributed by atoms with Crippen molar-refractivity contribution in [1.82, 2.24) is 0 Å². The molecule has 2 N–H and O–H groups in total. The van der Waals surface area contributed by atoms with Crippen LogP contribution in [0.15, 0.2) is 158 Å². The van der Waals surface area contributed by atoms with Gasteiger partial charge in [0.15, 0.2) is 0 Å². The van der Waals surface area contributed by atoms with Gasteiger partial charge in [-0.2, -0.15) is 0 Å². The summed E-state index contributed by atoms with van der Waals surface area (Å²) >= 11 is 0. The Bertz CT molecular complexity index is 1820. The average Bonchev–Trinajstić information content (AvgIpc) is 3.11. The zero-order valence-corrected chi connectivity index (χ0v) is 26.0. The minimum absolute atomic E-state index is 0.285. The van der Waals surface area contributed by atoms with Crippen LogP contribution in [0.4, 0.5) is 0 Å². The van der Waals surface area contributed by atoms with Gasteiger partial charge in [-0.1, -0.05) is 170 Å². The van der Waals surface area contributed by atoms with E-state index < -0.39 is 0 Å². The topological polar surface area (TPSA) is 40.5 Å². The number of hydrogen-bond acceptors (Lipinski definition) is 2. The molecule has 0 aliphatic heterocycles. The summed E-state index contributed by atoms with van der Waals surface area (Å²) in [6.45, 7) is 0. The van der Waals surface area contributed by atoms with Crippen molar-refractivity contribution in [2.45, 2.75) is 25.7 Å². The fourth-order valence-corrected chi connectivity index (χ4v) is 5.37. The van der Waals surface area contributed by atoms with Crippen LogP contribution in [0.5, 0.6) is 11.5 Å². The molecular formula is C44H40O2. The van der Waals surface area contributed by atoms with E-state index in [1.807, 2.05) is 97.1 Å². The summed E-state index contributed by atoms with van der Waals surface area (Å²) in [5.41, 5.74) is 9.04. The molecule has 228 valence electrons. The predicted octanol–water partition coefficient (Wildman–Crippen LogP) is 10.7. The number of hydrogen-bond donors (Lipinski definition) is 2. The molecule has 0 aliphatic rings. The van der Waals surface area contributed by atoms with Crippen molar-refractivity contribution < 1.29 is 10.2 Å². The number of benzene rings is 6. The van der Waals surface area contributed by atoms with E-state index in [0.29, 0.717) is 5.75 Å². The molecule has 0 saturated heterocycles. The number of rotatable bonds is 10. The van der Waals surface area contributed by atoms with Crippen LogP contribution in [0.25, 0.3) is 24.3 Å². The minimum Gasteiger partial charge on any atom is -0.508 e. The molecule has 0 fully saturated rings. The Morgan fingerprint density at radius 1 is 0.370 bits per heavy atom. The quantitative estimate of drug-likeness (QED) is 0.154. The lowest BCUT2D eigenvalue weighted by Gasteiger charge is -2.12. The molecule has 46 heavy (non-hydrogen) atoms. The zero-order chi connectivity index (χ0) is 31.8. The maximum atomic E-state index is 10.3. The normalized spacial score (nSPS) is 11.0. The van der Waals surface area contributed by atoms with Gasteiger partial charge in [0.2, 0.25) is 0 Å². The van der Waals surface area contributed by atoms with E-state index >= 15 is 0 Å². The van der Waals surface area contributed by atoms with Crippen molar-refractivity contribution in [3.63, 3.8) is 0 Å². The smallest absolute Gasteiger partial charge is 0.123 e. The third-order valence-corrected chi connectivity index (χ3v) is 7.89. The Morgan fingerprint density at radius 3 is 1.43 bits per heavy atom. The van der Waals surface area contributed by atoms with E-state index in [0.717, 1.165) is 53.5 Å². The summed E-state index contributed by atoms with van der Waals surface area (Å²) < 4.78 is 0. The van der Waals surface area contributed by atoms with E-state index in [-0.39, 0.29) is 5.75 Å². The fraction of sp³-hybridized carbons (Fsp3) is 0.0909. The predicted molar refractivity (Wildman–Crippen MR) is 195 cm³/mol. The number of aryl methyl sites for hydroxylation is 3. The first-order valence-corrected chi connectivity index (χ1v) is 15.8. The summed E-state index contributed by atoms with van der Waals surface area (Å²) in [5, 5.41) is 20.4. The van der Waals surface area contributed by atoms with E-state index in [2.05, 4.69) is 72.8 Å². The molecular weight excluding hydrogens is 560 g/mol. The molecule has 0 aliphatic carbocycles. The number of aromatic hydroxyl groups is 2. The number of phenolic OH excluding ortho intramolecular Hbond substituents is 2. The van der Waals surface area contributed by atoms with Gasteiger partial charge in [-0.3, -0.25) is 0 Å². The second-order valence-electron chi connectivity index (χ2n) is 11.2. The standard InChI is InChI=1S/C22H22O.C22H18O/c2*23-22-13-7-12-20(16-14-18-8-3-1-4-9-18)21(22)17-15-19-10-5-2-6-11-19/h1-13,23H,14-17H2;1-17,23H. The van der Waals surface area contributed by atoms with Gasteiger partial charge >= 0.3 is 0 Å². The molecule has 0 unspecified atom stereocenters. The van der Waals surface area contributed by atoms with Crippen LogP contribution in [-0.2, 0) is 25.7 Å². The molecule has 0 saturated carbocycles. The van der Waals surface area contributed by atoms with E-state index in [1.165, 1.54) is 16.7 Å². The van der Waals surface area contributed by atoms with Crippen LogP contribution in [0.2, 0.25) is 0 Å². The summed E-state index contributed by atoms with van der Waals surface area (Å²) in [6, 6.07) is 52.6. The fourth-order valence-electron chi connectivity index (χ4n) is 5.37. The Balaban J connectivity index is 0.000000181. The van der Waals surface area contributed by atoms with Gasteiger partial charge in [-0.05, 0) is 76.8 Å². The molecule has 0 spiro atoms. The summed E-state index contributed by atoms with van der Waals surface area (Å²) in [7, 11) is 0. The Kier molecular flexibility index (Phi) is 11.8. The maximum absolute atomic E-state index is 10.3. The third-order valence-electron chi connectivity index (χ3n) is 7.89. The molecule has 6 aromatic carbocycles. The second kappa shape index (κ2) is 17.0. The SMILES string of the molecule is Oc1cccc(C=Cc2ccccc2)c1C=Cc1ccccc1.Oc1cccc(CCc2ccccc2)c1CCc1ccccc1. The highest BCUT2D eigenvalue weighted by atomic mass is 16.3. The monoisotopic (exact) mass is 600 g/mol. The lowest BCUT2D eigenvalue weighted by Crippen LogP contribution is -2.00. The van der Waals surface area contributed by atoms with Gasteiger partial charge < -0.3 is 10.2 Å². The first-order valence-electron chi connectivity index (χ1n) is 15.8. The molecule has 2 heteroatoms. The van der Waals surface area contributed by atoms with E-state index in [4.69, 9.17) is 0 Å². The molecule has 0 amide bonds. The first kappa shape index (κ1) is 31.8. The molecule has 0 radical (unpaired) electrons. The van der Waals surface area contributed by atoms with Crippen molar-refractivity contribution in [3.8, 4) is 11.5 Å². The third kappa shape index (κ3) is 9.70. The van der Waals surface area contributed by atoms with Crippen LogP contribution >= 0.6 is 0 Å². The van der Waals surface area contributed by atoms with Gasteiger partial charge in [0, 0.05) is 5.56 Å². The number of phenols is 2. The van der Waals surface area contributed by atoms with Crippen molar-refractivity contribution >= 4 is 24.3 Å². The van der Waals surface area contributed by atoms with E-state index in [9.17, 15) is 10.2 Å². The highest BCUT2D eigenvalue weighted by Gasteiger charge is 2.08. The Morgan fingerprint density at radius 2 is 0.848 bits per heavy atom. The maximum Gasteiger partial charge on any atom is 0.123 e. The minimum atomic E-state index is 0.285. The van der Waals surface area contributed by atoms with Crippen molar-refractivity contribution in [2.24, 2.45) is 0 Å². The summed E-state index contributed by atoms with van der Waals surface area (Å²) in [5.74, 6) is 0.707. The Labute approximate surface area is 273 Å². The zero-order valence-electron chi connectivity index (χ0n) is 26.0. The average molecular weight is 601 g/mol. The van der Waals surface area contributed by atoms with Gasteiger partial charge in [0.25, 0.3) is 0 Å². The highest BCUT2D eigenvalue weighted by molar-refractivity contribution is 5.81. The summed E-state index contributed by atoms with van der Waals surface area (Å²) in [6.07, 6.45) is 11.8. The molecule has 0 aromatic heterocycles. The van der Waals surface area contributed by atoms with E-state index in [1.54, 1.807) is 12.1 Å². The molecule has 6 rings (SSSR count). The van der Waals surface area contributed by atoms with Gasteiger partial charge in [0.05, 0.1) is 0 Å². The van der Waals surface area contributed by atoms with Gasteiger partial charge in [-0.25, -0.2) is 0 Å². The largest absolute Gasteiger partial charge is 0.508 e. The molecule has 0 heterocycles. The molecule has 0 atom stereocenters. The molecule has 0 bridgehead atoms. The van der Waals surface area contributed by atoms with Crippen LogP contribution < -0.4 is 0 Å². The highest BCUT2D eigenvalue weighted by Crippen LogP contribution is 2.26. The lowest BCUT2D eigenvalue weighted by atomic mass is 9.95. The molecule has 2 nitrogen and oxygen atoms in total. The van der Waals surface area contributed by atoms with Crippen molar-refractivity contribution in [2.75, 3.05) is 0 Å². The summed E-state index contributed by atoms with van der Waals surface area (Å²) in [4.78, 5) is 0. The second-order valence-corrected chi connectivity index (χ2v) is 11.2. The van der Waals surface area contributed by atoms with Crippen LogP contribution in [-0.4, -0.2) is 10.2 Å². The van der Waals surface area contributed by atoms with Crippen molar-refractivity contribution in [3.05, 3.63) is 202 Å². The van der Waals surface area contributed by atoms with Crippen molar-refractivity contribution in [1.29, 1.82) is 0 Å².